The molecule has 2 saturated heterocycles. The third kappa shape index (κ3) is 3.29. The molecule has 148 valence electrons. The molecule has 2 heterocycles. The standard InChI is InChI=1S/C23H27ClN2O2/c1-26-15-16-11-13-23(26,14-12-16)21(17-7-4-3-5-8-17)25-22(27)20-18(24)9-6-10-19(20)28-2/h3-10,16,21H,11-15H2,1-2H3,(H,25,27). The van der Waals surface area contributed by atoms with Crippen LogP contribution in [-0.2, 0) is 0 Å². The molecule has 0 radical (unpaired) electrons. The van der Waals surface area contributed by atoms with E-state index in [9.17, 15) is 4.79 Å². The number of hydrogen-bond donors (Lipinski definition) is 1. The summed E-state index contributed by atoms with van der Waals surface area (Å²) in [6, 6.07) is 15.5. The molecule has 2 bridgehead atoms. The summed E-state index contributed by atoms with van der Waals surface area (Å²) >= 11 is 6.37. The fraction of sp³-hybridized carbons (Fsp3) is 0.435. The number of amides is 1. The predicted molar refractivity (Wildman–Crippen MR) is 112 cm³/mol. The lowest BCUT2D eigenvalue weighted by Gasteiger charge is -2.57. The zero-order valence-corrected chi connectivity index (χ0v) is 17.2. The van der Waals surface area contributed by atoms with Gasteiger partial charge in [-0.1, -0.05) is 48.0 Å². The molecule has 1 N–H and O–H groups in total. The van der Waals surface area contributed by atoms with Crippen LogP contribution in [0.4, 0.5) is 0 Å². The molecule has 28 heavy (non-hydrogen) atoms. The fourth-order valence-electron chi connectivity index (χ4n) is 5.09. The average Bonchev–Trinajstić information content (AvgIpc) is 2.73. The van der Waals surface area contributed by atoms with Gasteiger partial charge in [0, 0.05) is 12.1 Å². The van der Waals surface area contributed by atoms with Crippen LogP contribution in [-0.4, -0.2) is 37.0 Å². The van der Waals surface area contributed by atoms with Gasteiger partial charge in [-0.3, -0.25) is 9.69 Å². The first-order valence-corrected chi connectivity index (χ1v) is 10.3. The van der Waals surface area contributed by atoms with Crippen LogP contribution in [0, 0.1) is 5.92 Å². The normalized spacial score (nSPS) is 25.3. The highest BCUT2D eigenvalue weighted by Gasteiger charge is 2.50. The van der Waals surface area contributed by atoms with Crippen LogP contribution in [0.2, 0.25) is 5.02 Å². The van der Waals surface area contributed by atoms with Crippen LogP contribution in [0.5, 0.6) is 5.75 Å². The lowest BCUT2D eigenvalue weighted by Crippen LogP contribution is -2.62. The van der Waals surface area contributed by atoms with E-state index in [2.05, 4.69) is 29.4 Å². The van der Waals surface area contributed by atoms with E-state index in [-0.39, 0.29) is 17.5 Å². The van der Waals surface area contributed by atoms with Crippen LogP contribution in [0.15, 0.2) is 48.5 Å². The Morgan fingerprint density at radius 2 is 1.89 bits per heavy atom. The second-order valence-electron chi connectivity index (χ2n) is 8.06. The highest BCUT2D eigenvalue weighted by molar-refractivity contribution is 6.34. The van der Waals surface area contributed by atoms with E-state index in [0.29, 0.717) is 16.3 Å². The molecule has 1 amide bonds. The minimum Gasteiger partial charge on any atom is -0.496 e. The molecule has 1 unspecified atom stereocenters. The summed E-state index contributed by atoms with van der Waals surface area (Å²) in [4.78, 5) is 15.8. The molecule has 0 aromatic heterocycles. The number of methoxy groups -OCH3 is 1. The Hall–Kier alpha value is -2.04. The largest absolute Gasteiger partial charge is 0.496 e. The number of piperidine rings is 2. The van der Waals surface area contributed by atoms with Gasteiger partial charge in [0.1, 0.15) is 5.75 Å². The summed E-state index contributed by atoms with van der Waals surface area (Å²) in [5.41, 5.74) is 1.46. The van der Waals surface area contributed by atoms with Gasteiger partial charge in [0.05, 0.1) is 23.7 Å². The maximum absolute atomic E-state index is 13.4. The number of fused-ring (bicyclic) bond motifs is 3. The zero-order chi connectivity index (χ0) is 19.7. The Labute approximate surface area is 171 Å². The van der Waals surface area contributed by atoms with Crippen molar-refractivity contribution in [3.63, 3.8) is 0 Å². The van der Waals surface area contributed by atoms with Gasteiger partial charge >= 0.3 is 0 Å². The van der Waals surface area contributed by atoms with E-state index in [4.69, 9.17) is 16.3 Å². The van der Waals surface area contributed by atoms with Gasteiger partial charge in [-0.15, -0.1) is 0 Å². The van der Waals surface area contributed by atoms with Crippen molar-refractivity contribution in [2.45, 2.75) is 37.3 Å². The smallest absolute Gasteiger partial charge is 0.257 e. The van der Waals surface area contributed by atoms with Gasteiger partial charge in [0.2, 0.25) is 0 Å². The van der Waals surface area contributed by atoms with Gasteiger partial charge in [0.15, 0.2) is 0 Å². The molecule has 1 saturated carbocycles. The molecule has 3 fully saturated rings. The lowest BCUT2D eigenvalue weighted by molar-refractivity contribution is -0.0404. The van der Waals surface area contributed by atoms with Crippen LogP contribution < -0.4 is 10.1 Å². The number of halogens is 1. The summed E-state index contributed by atoms with van der Waals surface area (Å²) in [6.45, 7) is 1.09. The first kappa shape index (κ1) is 19.3. The van der Waals surface area contributed by atoms with Gasteiger partial charge in [-0.2, -0.15) is 0 Å². The maximum atomic E-state index is 13.4. The number of likely N-dealkylation sites (N-methyl/N-ethyl adjacent to an activating group) is 1. The van der Waals surface area contributed by atoms with Crippen molar-refractivity contribution in [3.8, 4) is 5.75 Å². The predicted octanol–water partition coefficient (Wildman–Crippen LogP) is 4.69. The number of rotatable bonds is 5. The summed E-state index contributed by atoms with van der Waals surface area (Å²) < 4.78 is 5.40. The molecule has 2 aromatic carbocycles. The van der Waals surface area contributed by atoms with E-state index < -0.39 is 0 Å². The Kier molecular flexibility index (Phi) is 5.35. The monoisotopic (exact) mass is 398 g/mol. The van der Waals surface area contributed by atoms with Crippen molar-refractivity contribution in [1.82, 2.24) is 10.2 Å². The summed E-state index contributed by atoms with van der Waals surface area (Å²) in [5, 5.41) is 3.74. The van der Waals surface area contributed by atoms with Gasteiger partial charge < -0.3 is 10.1 Å². The Morgan fingerprint density at radius 3 is 2.54 bits per heavy atom. The fourth-order valence-corrected chi connectivity index (χ4v) is 5.34. The first-order chi connectivity index (χ1) is 13.5. The van der Waals surface area contributed by atoms with E-state index >= 15 is 0 Å². The molecule has 1 aliphatic carbocycles. The minimum absolute atomic E-state index is 0.0692. The van der Waals surface area contributed by atoms with Gasteiger partial charge in [-0.25, -0.2) is 0 Å². The zero-order valence-electron chi connectivity index (χ0n) is 16.5. The van der Waals surface area contributed by atoms with Crippen molar-refractivity contribution < 1.29 is 9.53 Å². The average molecular weight is 399 g/mol. The third-order valence-electron chi connectivity index (χ3n) is 6.63. The number of carbonyl (C=O) groups excluding carboxylic acids is 1. The lowest BCUT2D eigenvalue weighted by atomic mass is 9.66. The SMILES string of the molecule is COc1cccc(Cl)c1C(=O)NC(c1ccccc1)C12CCC(CC1)CN2C. The maximum Gasteiger partial charge on any atom is 0.257 e. The molecular weight excluding hydrogens is 372 g/mol. The van der Waals surface area contributed by atoms with E-state index in [1.54, 1.807) is 25.3 Å². The van der Waals surface area contributed by atoms with Crippen LogP contribution in [0.3, 0.4) is 0 Å². The number of carbonyl (C=O) groups is 1. The number of benzene rings is 2. The molecule has 5 rings (SSSR count). The molecule has 5 heteroatoms. The van der Waals surface area contributed by atoms with E-state index in [0.717, 1.165) is 30.9 Å². The number of nitrogens with zero attached hydrogens (tertiary/aromatic N) is 1. The number of hydrogen-bond acceptors (Lipinski definition) is 3. The highest BCUT2D eigenvalue weighted by atomic mass is 35.5. The van der Waals surface area contributed by atoms with Gasteiger partial charge in [0.25, 0.3) is 5.91 Å². The van der Waals surface area contributed by atoms with Crippen molar-refractivity contribution in [2.75, 3.05) is 20.7 Å². The molecular formula is C23H27ClN2O2. The van der Waals surface area contributed by atoms with Crippen LogP contribution >= 0.6 is 11.6 Å². The molecule has 2 aliphatic heterocycles. The number of ether oxygens (including phenoxy) is 1. The first-order valence-electron chi connectivity index (χ1n) is 9.95. The molecule has 3 aliphatic rings. The van der Waals surface area contributed by atoms with Crippen molar-refractivity contribution >= 4 is 17.5 Å². The van der Waals surface area contributed by atoms with Crippen molar-refractivity contribution in [2.24, 2.45) is 5.92 Å². The minimum atomic E-state index is -0.188. The van der Waals surface area contributed by atoms with E-state index in [1.807, 2.05) is 18.2 Å². The highest BCUT2D eigenvalue weighted by Crippen LogP contribution is 2.49. The molecule has 4 nitrogen and oxygen atoms in total. The van der Waals surface area contributed by atoms with E-state index in [1.165, 1.54) is 12.8 Å². The summed E-state index contributed by atoms with van der Waals surface area (Å²) in [7, 11) is 3.76. The van der Waals surface area contributed by atoms with Crippen molar-refractivity contribution in [1.29, 1.82) is 0 Å². The third-order valence-corrected chi connectivity index (χ3v) is 6.95. The second-order valence-corrected chi connectivity index (χ2v) is 8.47. The van der Waals surface area contributed by atoms with Crippen LogP contribution in [0.1, 0.15) is 47.6 Å². The quantitative estimate of drug-likeness (QED) is 0.794. The molecule has 0 spiro atoms. The Balaban J connectivity index is 1.73. The second kappa shape index (κ2) is 7.76. The Bertz CT molecular complexity index is 847. The topological polar surface area (TPSA) is 41.6 Å². The van der Waals surface area contributed by atoms with Crippen molar-refractivity contribution in [3.05, 3.63) is 64.7 Å². The van der Waals surface area contributed by atoms with Crippen LogP contribution in [0.25, 0.3) is 0 Å². The Morgan fingerprint density at radius 1 is 1.18 bits per heavy atom. The van der Waals surface area contributed by atoms with Gasteiger partial charge in [-0.05, 0) is 56.3 Å². The summed E-state index contributed by atoms with van der Waals surface area (Å²) in [6.07, 6.45) is 4.62. The molecule has 1 atom stereocenters. The summed E-state index contributed by atoms with van der Waals surface area (Å²) in [5.74, 6) is 1.09. The number of nitrogens with one attached hydrogen (secondary N) is 1. The molecule has 2 aromatic rings.